The van der Waals surface area contributed by atoms with Crippen molar-refractivity contribution in [2.45, 2.75) is 58.0 Å². The van der Waals surface area contributed by atoms with Crippen LogP contribution in [0.2, 0.25) is 0 Å². The van der Waals surface area contributed by atoms with Gasteiger partial charge in [0.1, 0.15) is 0 Å². The highest BCUT2D eigenvalue weighted by Crippen LogP contribution is 2.23. The molecule has 6 heteroatoms. The molecule has 0 saturated heterocycles. The minimum atomic E-state index is -3.55. The third-order valence-electron chi connectivity index (χ3n) is 3.51. The highest BCUT2D eigenvalue weighted by atomic mass is 32.2. The Kier molecular flexibility index (Phi) is 6.77. The number of nitrogens with one attached hydrogen (secondary N) is 1. The zero-order chi connectivity index (χ0) is 15.9. The minimum absolute atomic E-state index is 0.0454. The van der Waals surface area contributed by atoms with Crippen LogP contribution >= 0.6 is 0 Å². The zero-order valence-electron chi connectivity index (χ0n) is 13.2. The van der Waals surface area contributed by atoms with Crippen molar-refractivity contribution in [3.63, 3.8) is 0 Å². The summed E-state index contributed by atoms with van der Waals surface area (Å²) in [5.41, 5.74) is 6.24. The first-order chi connectivity index (χ1) is 9.80. The predicted molar refractivity (Wildman–Crippen MR) is 85.2 cm³/mol. The lowest BCUT2D eigenvalue weighted by atomic mass is 9.87. The Labute approximate surface area is 128 Å². The number of nitrogens with zero attached hydrogens (tertiary/aromatic N) is 1. The molecule has 1 aromatic heterocycles. The topological polar surface area (TPSA) is 85.1 Å². The maximum atomic E-state index is 12.2. The van der Waals surface area contributed by atoms with Crippen molar-refractivity contribution >= 4 is 10.0 Å². The number of hydrogen-bond donors (Lipinski definition) is 2. The van der Waals surface area contributed by atoms with Crippen LogP contribution in [-0.2, 0) is 16.6 Å². The van der Waals surface area contributed by atoms with E-state index < -0.39 is 10.0 Å². The maximum absolute atomic E-state index is 12.2. The molecule has 120 valence electrons. The molecule has 0 unspecified atom stereocenters. The van der Waals surface area contributed by atoms with E-state index in [1.165, 1.54) is 25.1 Å². The molecule has 0 fully saturated rings. The Bertz CT molecular complexity index is 524. The van der Waals surface area contributed by atoms with E-state index in [-0.39, 0.29) is 10.4 Å². The molecule has 3 N–H and O–H groups in total. The molecule has 0 aliphatic carbocycles. The fourth-order valence-electron chi connectivity index (χ4n) is 2.00. The van der Waals surface area contributed by atoms with Crippen LogP contribution in [0.15, 0.2) is 23.4 Å². The Balaban J connectivity index is 2.63. The van der Waals surface area contributed by atoms with Gasteiger partial charge in [-0.05, 0) is 23.5 Å². The monoisotopic (exact) mass is 313 g/mol. The number of hydrogen-bond acceptors (Lipinski definition) is 4. The van der Waals surface area contributed by atoms with Crippen LogP contribution in [0.5, 0.6) is 0 Å². The molecule has 1 heterocycles. The molecule has 1 aromatic rings. The standard InChI is InChI=1S/C15H27N3O2S/c1-4-5-6-9-15(2,3)12-18-21(19,20)14-8-7-13(10-16)11-17-14/h7-8,11,18H,4-6,9-10,12,16H2,1-3H3. The fraction of sp³-hybridized carbons (Fsp3) is 0.667. The highest BCUT2D eigenvalue weighted by Gasteiger charge is 2.22. The van der Waals surface area contributed by atoms with Crippen LogP contribution in [-0.4, -0.2) is 19.9 Å². The summed E-state index contributed by atoms with van der Waals surface area (Å²) in [6, 6.07) is 3.18. The average Bonchev–Trinajstić information content (AvgIpc) is 2.46. The van der Waals surface area contributed by atoms with Gasteiger partial charge in [-0.25, -0.2) is 18.1 Å². The van der Waals surface area contributed by atoms with Gasteiger partial charge in [0.15, 0.2) is 5.03 Å². The molecule has 0 atom stereocenters. The summed E-state index contributed by atoms with van der Waals surface area (Å²) in [4.78, 5) is 3.97. The van der Waals surface area contributed by atoms with E-state index in [1.807, 2.05) is 0 Å². The molecular formula is C15H27N3O2S. The van der Waals surface area contributed by atoms with E-state index in [2.05, 4.69) is 30.5 Å². The van der Waals surface area contributed by atoms with E-state index in [0.717, 1.165) is 18.4 Å². The lowest BCUT2D eigenvalue weighted by Crippen LogP contribution is -2.34. The van der Waals surface area contributed by atoms with Gasteiger partial charge in [-0.15, -0.1) is 0 Å². The first-order valence-corrected chi connectivity index (χ1v) is 8.94. The molecule has 1 rings (SSSR count). The quantitative estimate of drug-likeness (QED) is 0.686. The Morgan fingerprint density at radius 1 is 1.29 bits per heavy atom. The Hall–Kier alpha value is -0.980. The number of nitrogens with two attached hydrogens (primary N) is 1. The van der Waals surface area contributed by atoms with Gasteiger partial charge < -0.3 is 5.73 Å². The Morgan fingerprint density at radius 2 is 2.00 bits per heavy atom. The van der Waals surface area contributed by atoms with Gasteiger partial charge in [0.05, 0.1) is 0 Å². The van der Waals surface area contributed by atoms with E-state index in [1.54, 1.807) is 6.07 Å². The van der Waals surface area contributed by atoms with Gasteiger partial charge >= 0.3 is 0 Å². The van der Waals surface area contributed by atoms with Gasteiger partial charge in [0.2, 0.25) is 0 Å². The first kappa shape index (κ1) is 18.1. The molecule has 0 aliphatic rings. The summed E-state index contributed by atoms with van der Waals surface area (Å²) in [7, 11) is -3.55. The minimum Gasteiger partial charge on any atom is -0.326 e. The van der Waals surface area contributed by atoms with E-state index >= 15 is 0 Å². The van der Waals surface area contributed by atoms with Crippen LogP contribution in [0.3, 0.4) is 0 Å². The second-order valence-electron chi connectivity index (χ2n) is 6.15. The third-order valence-corrected chi connectivity index (χ3v) is 4.82. The second-order valence-corrected chi connectivity index (χ2v) is 7.87. The average molecular weight is 313 g/mol. The molecule has 0 amide bonds. The second kappa shape index (κ2) is 7.87. The summed E-state index contributed by atoms with van der Waals surface area (Å²) in [6.07, 6.45) is 5.97. The molecule has 0 radical (unpaired) electrons. The van der Waals surface area contributed by atoms with Crippen molar-refractivity contribution in [3.8, 4) is 0 Å². The zero-order valence-corrected chi connectivity index (χ0v) is 14.0. The van der Waals surface area contributed by atoms with Crippen LogP contribution in [0.1, 0.15) is 52.0 Å². The van der Waals surface area contributed by atoms with Gasteiger partial charge in [-0.2, -0.15) is 0 Å². The molecular weight excluding hydrogens is 286 g/mol. The molecule has 21 heavy (non-hydrogen) atoms. The summed E-state index contributed by atoms with van der Waals surface area (Å²) < 4.78 is 27.1. The fourth-order valence-corrected chi connectivity index (χ4v) is 3.16. The van der Waals surface area contributed by atoms with Crippen molar-refractivity contribution in [1.29, 1.82) is 0 Å². The largest absolute Gasteiger partial charge is 0.326 e. The summed E-state index contributed by atoms with van der Waals surface area (Å²) >= 11 is 0. The van der Waals surface area contributed by atoms with Crippen molar-refractivity contribution in [2.75, 3.05) is 6.54 Å². The third kappa shape index (κ3) is 6.11. The maximum Gasteiger partial charge on any atom is 0.258 e. The Morgan fingerprint density at radius 3 is 2.52 bits per heavy atom. The van der Waals surface area contributed by atoms with Gasteiger partial charge in [-0.3, -0.25) is 0 Å². The summed E-state index contributed by atoms with van der Waals surface area (Å²) in [5, 5.41) is 0.0454. The molecule has 5 nitrogen and oxygen atoms in total. The number of pyridine rings is 1. The normalized spacial score (nSPS) is 12.6. The highest BCUT2D eigenvalue weighted by molar-refractivity contribution is 7.89. The molecule has 0 bridgehead atoms. The van der Waals surface area contributed by atoms with Crippen molar-refractivity contribution < 1.29 is 8.42 Å². The van der Waals surface area contributed by atoms with Crippen molar-refractivity contribution in [3.05, 3.63) is 23.9 Å². The van der Waals surface area contributed by atoms with Gasteiger partial charge in [0, 0.05) is 19.3 Å². The van der Waals surface area contributed by atoms with E-state index in [0.29, 0.717) is 13.1 Å². The summed E-state index contributed by atoms with van der Waals surface area (Å²) in [5.74, 6) is 0. The van der Waals surface area contributed by atoms with Gasteiger partial charge in [0.25, 0.3) is 10.0 Å². The smallest absolute Gasteiger partial charge is 0.258 e. The molecule has 0 aromatic carbocycles. The molecule has 0 spiro atoms. The van der Waals surface area contributed by atoms with E-state index in [4.69, 9.17) is 5.73 Å². The van der Waals surface area contributed by atoms with Crippen molar-refractivity contribution in [1.82, 2.24) is 9.71 Å². The number of unbranched alkanes of at least 4 members (excludes halogenated alkanes) is 2. The van der Waals surface area contributed by atoms with Crippen LogP contribution in [0, 0.1) is 5.41 Å². The number of rotatable bonds is 9. The van der Waals surface area contributed by atoms with Crippen LogP contribution in [0.4, 0.5) is 0 Å². The van der Waals surface area contributed by atoms with Crippen LogP contribution < -0.4 is 10.5 Å². The summed E-state index contributed by atoms with van der Waals surface area (Å²) in [6.45, 7) is 7.09. The SMILES string of the molecule is CCCCCC(C)(C)CNS(=O)(=O)c1ccc(CN)cn1. The molecule has 0 saturated carbocycles. The van der Waals surface area contributed by atoms with Gasteiger partial charge in [-0.1, -0.05) is 46.1 Å². The van der Waals surface area contributed by atoms with Crippen molar-refractivity contribution in [2.24, 2.45) is 11.1 Å². The lowest BCUT2D eigenvalue weighted by Gasteiger charge is -2.24. The van der Waals surface area contributed by atoms with E-state index in [9.17, 15) is 8.42 Å². The predicted octanol–water partition coefficient (Wildman–Crippen LogP) is 2.43. The number of sulfonamides is 1. The lowest BCUT2D eigenvalue weighted by molar-refractivity contribution is 0.320. The molecule has 0 aliphatic heterocycles. The first-order valence-electron chi connectivity index (χ1n) is 7.45. The number of aromatic nitrogens is 1. The van der Waals surface area contributed by atoms with Crippen LogP contribution in [0.25, 0.3) is 0 Å².